The van der Waals surface area contributed by atoms with Gasteiger partial charge in [-0.1, -0.05) is 13.8 Å². The molecule has 6 nitrogen and oxygen atoms in total. The van der Waals surface area contributed by atoms with Crippen LogP contribution in [-0.4, -0.2) is 49.5 Å². The van der Waals surface area contributed by atoms with Crippen LogP contribution >= 0.6 is 0 Å². The molecule has 0 saturated carbocycles. The Morgan fingerprint density at radius 3 is 2.35 bits per heavy atom. The number of nitrogens with zero attached hydrogens (tertiary/aromatic N) is 5. The van der Waals surface area contributed by atoms with Crippen molar-refractivity contribution in [3.8, 4) is 0 Å². The predicted octanol–water partition coefficient (Wildman–Crippen LogP) is 0.442. The van der Waals surface area contributed by atoms with Gasteiger partial charge in [-0.25, -0.2) is 0 Å². The van der Waals surface area contributed by atoms with Crippen LogP contribution in [-0.2, 0) is 18.3 Å². The minimum absolute atomic E-state index is 0.120. The number of carbonyl (C=O) groups is 1. The fourth-order valence-corrected chi connectivity index (χ4v) is 1.94. The van der Waals surface area contributed by atoms with Gasteiger partial charge in [0.2, 0.25) is 0 Å². The molecule has 0 aliphatic rings. The Balaban J connectivity index is 2.75. The molecule has 0 unspecified atom stereocenters. The standard InChI is InChI=1S/C11H21N5O/c1-6-16(7-2)11(3,4)9(17)8-10-12-14-15(5)13-10/h6-8H2,1-5H3. The van der Waals surface area contributed by atoms with Crippen molar-refractivity contribution < 1.29 is 4.79 Å². The molecule has 0 aromatic carbocycles. The van der Waals surface area contributed by atoms with E-state index in [4.69, 9.17) is 0 Å². The molecule has 1 aromatic rings. The van der Waals surface area contributed by atoms with Crippen LogP contribution in [0, 0.1) is 0 Å². The van der Waals surface area contributed by atoms with E-state index in [9.17, 15) is 4.79 Å². The number of aromatic nitrogens is 4. The monoisotopic (exact) mass is 239 g/mol. The Bertz CT molecular complexity index is 381. The molecule has 1 heterocycles. The van der Waals surface area contributed by atoms with Crippen LogP contribution in [0.1, 0.15) is 33.5 Å². The quantitative estimate of drug-likeness (QED) is 0.721. The molecule has 0 bridgehead atoms. The number of carbonyl (C=O) groups excluding carboxylic acids is 1. The van der Waals surface area contributed by atoms with Crippen LogP contribution in [0.2, 0.25) is 0 Å². The number of aryl methyl sites for hydroxylation is 1. The first-order chi connectivity index (χ1) is 7.91. The van der Waals surface area contributed by atoms with E-state index in [0.29, 0.717) is 5.82 Å². The predicted molar refractivity (Wildman–Crippen MR) is 64.5 cm³/mol. The van der Waals surface area contributed by atoms with Crippen LogP contribution in [0.15, 0.2) is 0 Å². The second-order valence-electron chi connectivity index (χ2n) is 4.53. The zero-order valence-electron chi connectivity index (χ0n) is 11.3. The van der Waals surface area contributed by atoms with Crippen LogP contribution in [0.25, 0.3) is 0 Å². The van der Waals surface area contributed by atoms with E-state index in [1.54, 1.807) is 7.05 Å². The Morgan fingerprint density at radius 1 is 1.35 bits per heavy atom. The lowest BCUT2D eigenvalue weighted by Crippen LogP contribution is -2.50. The summed E-state index contributed by atoms with van der Waals surface area (Å²) >= 11 is 0. The second kappa shape index (κ2) is 5.35. The Labute approximate surface area is 102 Å². The van der Waals surface area contributed by atoms with Crippen LogP contribution in [0.5, 0.6) is 0 Å². The molecule has 1 aromatic heterocycles. The zero-order valence-corrected chi connectivity index (χ0v) is 11.3. The van der Waals surface area contributed by atoms with Crippen molar-refractivity contribution in [3.05, 3.63) is 5.82 Å². The fraction of sp³-hybridized carbons (Fsp3) is 0.818. The summed E-state index contributed by atoms with van der Waals surface area (Å²) in [6.07, 6.45) is 0.233. The molecule has 0 N–H and O–H groups in total. The molecule has 0 radical (unpaired) electrons. The molecule has 96 valence electrons. The number of tetrazole rings is 1. The number of ketones is 1. The molecule has 1 rings (SSSR count). The first-order valence-electron chi connectivity index (χ1n) is 5.93. The first kappa shape index (κ1) is 13.8. The molecule has 0 atom stereocenters. The van der Waals surface area contributed by atoms with Crippen molar-refractivity contribution in [2.75, 3.05) is 13.1 Å². The topological polar surface area (TPSA) is 63.9 Å². The van der Waals surface area contributed by atoms with E-state index in [1.165, 1.54) is 4.80 Å². The van der Waals surface area contributed by atoms with E-state index in [0.717, 1.165) is 13.1 Å². The van der Waals surface area contributed by atoms with E-state index in [-0.39, 0.29) is 12.2 Å². The van der Waals surface area contributed by atoms with Crippen molar-refractivity contribution in [2.24, 2.45) is 7.05 Å². The molecule has 0 saturated heterocycles. The summed E-state index contributed by atoms with van der Waals surface area (Å²) in [5.74, 6) is 0.604. The lowest BCUT2D eigenvalue weighted by molar-refractivity contribution is -0.128. The summed E-state index contributed by atoms with van der Waals surface area (Å²) in [5, 5.41) is 11.6. The lowest BCUT2D eigenvalue weighted by atomic mass is 9.94. The Morgan fingerprint density at radius 2 is 1.94 bits per heavy atom. The average molecular weight is 239 g/mol. The van der Waals surface area contributed by atoms with Crippen LogP contribution in [0.4, 0.5) is 0 Å². The van der Waals surface area contributed by atoms with Gasteiger partial charge >= 0.3 is 0 Å². The maximum absolute atomic E-state index is 12.2. The SMILES string of the molecule is CCN(CC)C(C)(C)C(=O)Cc1nnn(C)n1. The lowest BCUT2D eigenvalue weighted by Gasteiger charge is -2.35. The molecule has 6 heteroatoms. The van der Waals surface area contributed by atoms with Gasteiger partial charge < -0.3 is 0 Å². The second-order valence-corrected chi connectivity index (χ2v) is 4.53. The van der Waals surface area contributed by atoms with Gasteiger partial charge in [0.15, 0.2) is 11.6 Å². The summed E-state index contributed by atoms with van der Waals surface area (Å²) in [7, 11) is 1.69. The zero-order chi connectivity index (χ0) is 13.1. The third kappa shape index (κ3) is 3.09. The molecule has 0 fully saturated rings. The highest BCUT2D eigenvalue weighted by atomic mass is 16.1. The van der Waals surface area contributed by atoms with Gasteiger partial charge in [0.1, 0.15) is 0 Å². The molecular weight excluding hydrogens is 218 g/mol. The molecular formula is C11H21N5O. The van der Waals surface area contributed by atoms with Gasteiger partial charge in [0, 0.05) is 0 Å². The minimum Gasteiger partial charge on any atom is -0.297 e. The third-order valence-electron chi connectivity index (χ3n) is 3.10. The van der Waals surface area contributed by atoms with E-state index < -0.39 is 5.54 Å². The largest absolute Gasteiger partial charge is 0.297 e. The Hall–Kier alpha value is -1.30. The summed E-state index contributed by atoms with van der Waals surface area (Å²) in [5.41, 5.74) is -0.483. The number of hydrogen-bond acceptors (Lipinski definition) is 5. The van der Waals surface area contributed by atoms with Crippen molar-refractivity contribution in [1.82, 2.24) is 25.1 Å². The van der Waals surface area contributed by atoms with Crippen LogP contribution < -0.4 is 0 Å². The van der Waals surface area contributed by atoms with Crippen molar-refractivity contribution in [2.45, 2.75) is 39.7 Å². The maximum Gasteiger partial charge on any atom is 0.182 e. The van der Waals surface area contributed by atoms with Crippen molar-refractivity contribution in [3.63, 3.8) is 0 Å². The first-order valence-corrected chi connectivity index (χ1v) is 5.93. The van der Waals surface area contributed by atoms with Crippen LogP contribution in [0.3, 0.4) is 0 Å². The molecule has 0 amide bonds. The highest BCUT2D eigenvalue weighted by molar-refractivity contribution is 5.88. The average Bonchev–Trinajstić information content (AvgIpc) is 2.65. The summed E-state index contributed by atoms with van der Waals surface area (Å²) in [6.45, 7) is 9.70. The molecule has 0 aliphatic heterocycles. The van der Waals surface area contributed by atoms with Gasteiger partial charge in [-0.3, -0.25) is 9.69 Å². The third-order valence-corrected chi connectivity index (χ3v) is 3.10. The highest BCUT2D eigenvalue weighted by Crippen LogP contribution is 2.16. The summed E-state index contributed by atoms with van der Waals surface area (Å²) in [4.78, 5) is 15.7. The summed E-state index contributed by atoms with van der Waals surface area (Å²) < 4.78 is 0. The van der Waals surface area contributed by atoms with E-state index in [1.807, 2.05) is 13.8 Å². The Kier molecular flexibility index (Phi) is 4.34. The normalized spacial score (nSPS) is 12.1. The number of hydrogen-bond donors (Lipinski definition) is 0. The fourth-order valence-electron chi connectivity index (χ4n) is 1.94. The van der Waals surface area contributed by atoms with E-state index >= 15 is 0 Å². The number of likely N-dealkylation sites (N-methyl/N-ethyl adjacent to an activating group) is 1. The summed E-state index contributed by atoms with van der Waals surface area (Å²) in [6, 6.07) is 0. The van der Waals surface area contributed by atoms with E-state index in [2.05, 4.69) is 34.2 Å². The highest BCUT2D eigenvalue weighted by Gasteiger charge is 2.33. The van der Waals surface area contributed by atoms with Gasteiger partial charge in [-0.2, -0.15) is 4.80 Å². The minimum atomic E-state index is -0.483. The molecule has 0 spiro atoms. The van der Waals surface area contributed by atoms with Crippen molar-refractivity contribution >= 4 is 5.78 Å². The maximum atomic E-state index is 12.2. The number of rotatable bonds is 6. The van der Waals surface area contributed by atoms with Gasteiger partial charge in [0.05, 0.1) is 19.0 Å². The van der Waals surface area contributed by atoms with Gasteiger partial charge in [-0.15, -0.1) is 10.2 Å². The van der Waals surface area contributed by atoms with Gasteiger partial charge in [0.25, 0.3) is 0 Å². The van der Waals surface area contributed by atoms with Gasteiger partial charge in [-0.05, 0) is 32.2 Å². The smallest absolute Gasteiger partial charge is 0.182 e. The van der Waals surface area contributed by atoms with Crippen molar-refractivity contribution in [1.29, 1.82) is 0 Å². The molecule has 0 aliphatic carbocycles. The molecule has 17 heavy (non-hydrogen) atoms. The number of Topliss-reactive ketones (excluding diaryl/α,β-unsaturated/α-hetero) is 1.